The monoisotopic (exact) mass is 371 g/mol. The van der Waals surface area contributed by atoms with Gasteiger partial charge in [0.1, 0.15) is 0 Å². The second kappa shape index (κ2) is 7.37. The van der Waals surface area contributed by atoms with E-state index in [0.29, 0.717) is 6.61 Å². The summed E-state index contributed by atoms with van der Waals surface area (Å²) in [6.07, 6.45) is 5.84. The summed E-state index contributed by atoms with van der Waals surface area (Å²) in [5, 5.41) is 2.05. The Kier molecular flexibility index (Phi) is 4.96. The molecule has 2 fully saturated rings. The van der Waals surface area contributed by atoms with Gasteiger partial charge in [0.25, 0.3) is 5.91 Å². The lowest BCUT2D eigenvalue weighted by atomic mass is 9.80. The van der Waals surface area contributed by atoms with Crippen LogP contribution in [0.2, 0.25) is 0 Å². The number of carbonyl (C=O) groups excluding carboxylic acids is 1. The van der Waals surface area contributed by atoms with Crippen molar-refractivity contribution in [2.24, 2.45) is 5.41 Å². The zero-order chi connectivity index (χ0) is 18.0. The quantitative estimate of drug-likeness (QED) is 0.813. The Morgan fingerprint density at radius 3 is 3.04 bits per heavy atom. The molecule has 0 radical (unpaired) electrons. The van der Waals surface area contributed by atoms with Gasteiger partial charge in [0.15, 0.2) is 0 Å². The summed E-state index contributed by atoms with van der Waals surface area (Å²) in [5.74, 6) is 0.166. The zero-order valence-electron chi connectivity index (χ0n) is 15.2. The number of likely N-dealkylation sites (tertiary alicyclic amines) is 1. The lowest BCUT2D eigenvalue weighted by Gasteiger charge is -2.43. The Hall–Kier alpha value is -1.92. The minimum atomic E-state index is -0.00739. The lowest BCUT2D eigenvalue weighted by Crippen LogP contribution is -2.52. The van der Waals surface area contributed by atoms with E-state index in [1.54, 1.807) is 17.5 Å². The largest absolute Gasteiger partial charge is 0.379 e. The molecule has 6 heteroatoms. The third-order valence-corrected chi connectivity index (χ3v) is 6.38. The number of amides is 1. The van der Waals surface area contributed by atoms with Crippen LogP contribution in [0.25, 0.3) is 0 Å². The Labute approximate surface area is 158 Å². The second-order valence-electron chi connectivity index (χ2n) is 7.50. The summed E-state index contributed by atoms with van der Waals surface area (Å²) < 4.78 is 5.98. The highest BCUT2D eigenvalue weighted by molar-refractivity contribution is 7.12. The molecule has 0 bridgehead atoms. The van der Waals surface area contributed by atoms with E-state index >= 15 is 0 Å². The highest BCUT2D eigenvalue weighted by Crippen LogP contribution is 2.35. The maximum absolute atomic E-state index is 12.9. The highest BCUT2D eigenvalue weighted by atomic mass is 32.1. The summed E-state index contributed by atoms with van der Waals surface area (Å²) in [6.45, 7) is 6.85. The van der Waals surface area contributed by atoms with Gasteiger partial charge in [-0.25, -0.2) is 0 Å². The van der Waals surface area contributed by atoms with Crippen LogP contribution in [-0.4, -0.2) is 55.2 Å². The number of rotatable bonds is 2. The van der Waals surface area contributed by atoms with Crippen LogP contribution in [0.4, 0.5) is 5.69 Å². The van der Waals surface area contributed by atoms with Crippen LogP contribution in [0.1, 0.15) is 28.1 Å². The molecule has 5 nitrogen and oxygen atoms in total. The number of carbonyl (C=O) groups is 1. The average molecular weight is 372 g/mol. The van der Waals surface area contributed by atoms with Crippen molar-refractivity contribution in [2.45, 2.75) is 19.8 Å². The maximum atomic E-state index is 12.9. The summed E-state index contributed by atoms with van der Waals surface area (Å²) in [4.78, 5) is 22.5. The molecule has 0 aromatic carbocycles. The third-order valence-electron chi connectivity index (χ3n) is 5.34. The number of piperidine rings is 1. The SMILES string of the molecule is Cc1csc(C(=O)N2CCCC3(COCCN(c4cccnc4)C3)C2)c1. The number of hydrogen-bond donors (Lipinski definition) is 0. The minimum Gasteiger partial charge on any atom is -0.379 e. The summed E-state index contributed by atoms with van der Waals surface area (Å²) in [6, 6.07) is 6.08. The first-order chi connectivity index (χ1) is 12.7. The number of aromatic nitrogens is 1. The zero-order valence-corrected chi connectivity index (χ0v) is 16.0. The number of nitrogens with zero attached hydrogens (tertiary/aromatic N) is 3. The van der Waals surface area contributed by atoms with Crippen molar-refractivity contribution in [3.8, 4) is 0 Å². The average Bonchev–Trinajstić information content (AvgIpc) is 3.00. The van der Waals surface area contributed by atoms with Crippen LogP contribution in [-0.2, 0) is 4.74 Å². The Morgan fingerprint density at radius 2 is 2.27 bits per heavy atom. The van der Waals surface area contributed by atoms with E-state index in [-0.39, 0.29) is 11.3 Å². The van der Waals surface area contributed by atoms with Gasteiger partial charge in [0, 0.05) is 37.8 Å². The predicted octanol–water partition coefficient (Wildman–Crippen LogP) is 3.21. The van der Waals surface area contributed by atoms with Gasteiger partial charge in [0.05, 0.1) is 30.0 Å². The molecular weight excluding hydrogens is 346 g/mol. The van der Waals surface area contributed by atoms with E-state index in [1.807, 2.05) is 35.5 Å². The fourth-order valence-electron chi connectivity index (χ4n) is 4.08. The molecule has 4 rings (SSSR count). The van der Waals surface area contributed by atoms with Gasteiger partial charge in [-0.15, -0.1) is 11.3 Å². The second-order valence-corrected chi connectivity index (χ2v) is 8.42. The van der Waals surface area contributed by atoms with Gasteiger partial charge in [-0.2, -0.15) is 0 Å². The molecule has 26 heavy (non-hydrogen) atoms. The molecule has 1 unspecified atom stereocenters. The number of hydrogen-bond acceptors (Lipinski definition) is 5. The van der Waals surface area contributed by atoms with Crippen LogP contribution in [0, 0.1) is 12.3 Å². The van der Waals surface area contributed by atoms with Crippen LogP contribution >= 0.6 is 11.3 Å². The Bertz CT molecular complexity index is 763. The molecule has 2 aromatic heterocycles. The molecule has 0 N–H and O–H groups in total. The van der Waals surface area contributed by atoms with Gasteiger partial charge < -0.3 is 14.5 Å². The Balaban J connectivity index is 1.53. The number of anilines is 1. The number of pyridine rings is 1. The molecule has 1 spiro atoms. The van der Waals surface area contributed by atoms with E-state index in [4.69, 9.17) is 4.74 Å². The lowest BCUT2D eigenvalue weighted by molar-refractivity contribution is 0.0137. The van der Waals surface area contributed by atoms with Crippen molar-refractivity contribution in [1.82, 2.24) is 9.88 Å². The van der Waals surface area contributed by atoms with Crippen molar-refractivity contribution in [3.63, 3.8) is 0 Å². The van der Waals surface area contributed by atoms with Gasteiger partial charge in [-0.1, -0.05) is 0 Å². The van der Waals surface area contributed by atoms with Crippen molar-refractivity contribution >= 4 is 22.9 Å². The normalized spacial score (nSPS) is 23.9. The van der Waals surface area contributed by atoms with Gasteiger partial charge >= 0.3 is 0 Å². The van der Waals surface area contributed by atoms with Crippen molar-refractivity contribution in [1.29, 1.82) is 0 Å². The molecule has 1 atom stereocenters. The molecule has 2 aliphatic heterocycles. The Morgan fingerprint density at radius 1 is 1.35 bits per heavy atom. The molecule has 0 aliphatic carbocycles. The van der Waals surface area contributed by atoms with Gasteiger partial charge in [-0.3, -0.25) is 9.78 Å². The van der Waals surface area contributed by atoms with Crippen molar-refractivity contribution in [2.75, 3.05) is 44.3 Å². The molecule has 0 saturated carbocycles. The number of aryl methyl sites for hydroxylation is 1. The first-order valence-electron chi connectivity index (χ1n) is 9.22. The van der Waals surface area contributed by atoms with Crippen molar-refractivity contribution < 1.29 is 9.53 Å². The van der Waals surface area contributed by atoms with E-state index in [0.717, 1.165) is 61.8 Å². The molecule has 1 amide bonds. The number of thiophene rings is 1. The first-order valence-corrected chi connectivity index (χ1v) is 10.1. The maximum Gasteiger partial charge on any atom is 0.263 e. The van der Waals surface area contributed by atoms with Gasteiger partial charge in [-0.05, 0) is 48.9 Å². The first kappa shape index (κ1) is 17.5. The van der Waals surface area contributed by atoms with E-state index in [9.17, 15) is 4.79 Å². The van der Waals surface area contributed by atoms with Crippen LogP contribution in [0.5, 0.6) is 0 Å². The standard InChI is InChI=1S/C20H25N3O2S/c1-16-10-18(26-12-16)19(24)23-7-3-5-20(14-23)13-22(8-9-25-15-20)17-4-2-6-21-11-17/h2,4,6,10-12H,3,5,7-9,13-15H2,1H3. The van der Waals surface area contributed by atoms with Crippen LogP contribution in [0.15, 0.2) is 36.0 Å². The molecule has 2 saturated heterocycles. The van der Waals surface area contributed by atoms with Crippen molar-refractivity contribution in [3.05, 3.63) is 46.4 Å². The predicted molar refractivity (Wildman–Crippen MR) is 104 cm³/mol. The van der Waals surface area contributed by atoms with Gasteiger partial charge in [0.2, 0.25) is 0 Å². The summed E-state index contributed by atoms with van der Waals surface area (Å²) in [7, 11) is 0. The topological polar surface area (TPSA) is 45.7 Å². The molecule has 4 heterocycles. The molecule has 2 aromatic rings. The van der Waals surface area contributed by atoms with E-state index < -0.39 is 0 Å². The molecule has 138 valence electrons. The molecule has 2 aliphatic rings. The van der Waals surface area contributed by atoms with E-state index in [2.05, 4.69) is 16.0 Å². The number of ether oxygens (including phenoxy) is 1. The fourth-order valence-corrected chi connectivity index (χ4v) is 4.95. The smallest absolute Gasteiger partial charge is 0.263 e. The summed E-state index contributed by atoms with van der Waals surface area (Å²) >= 11 is 1.55. The van der Waals surface area contributed by atoms with Crippen LogP contribution < -0.4 is 4.90 Å². The minimum absolute atomic E-state index is 0.00739. The molecular formula is C20H25N3O2S. The highest BCUT2D eigenvalue weighted by Gasteiger charge is 2.40. The third kappa shape index (κ3) is 3.62. The van der Waals surface area contributed by atoms with Crippen LogP contribution in [0.3, 0.4) is 0 Å². The fraction of sp³-hybridized carbons (Fsp3) is 0.500. The summed E-state index contributed by atoms with van der Waals surface area (Å²) in [5.41, 5.74) is 2.28. The van der Waals surface area contributed by atoms with E-state index in [1.165, 1.54) is 0 Å².